The predicted octanol–water partition coefficient (Wildman–Crippen LogP) is 4.11. The van der Waals surface area contributed by atoms with Crippen molar-refractivity contribution >= 4 is 34.4 Å². The molecule has 0 radical (unpaired) electrons. The largest absolute Gasteiger partial charge is 0.311 e. The van der Waals surface area contributed by atoms with E-state index in [-0.39, 0.29) is 24.3 Å². The minimum atomic E-state index is -0.339. The molecule has 4 rings (SSSR count). The van der Waals surface area contributed by atoms with Crippen molar-refractivity contribution in [3.63, 3.8) is 0 Å². The Bertz CT molecular complexity index is 1050. The molecule has 1 aliphatic heterocycles. The third-order valence-corrected chi connectivity index (χ3v) is 5.28. The summed E-state index contributed by atoms with van der Waals surface area (Å²) in [6, 6.07) is 13.1. The van der Waals surface area contributed by atoms with Crippen molar-refractivity contribution < 1.29 is 9.59 Å². The minimum absolute atomic E-state index is 0.102. The van der Waals surface area contributed by atoms with E-state index >= 15 is 0 Å². The van der Waals surface area contributed by atoms with Gasteiger partial charge < -0.3 is 10.2 Å². The Labute approximate surface area is 166 Å². The number of anilines is 1. The maximum Gasteiger partial charge on any atom is 0.228 e. The van der Waals surface area contributed by atoms with Crippen LogP contribution in [0.4, 0.5) is 5.13 Å². The standard InChI is InChI=1S/C21H18N4O2S/c1-14(26)25-11-9-15-6-2-3-7-16(15)19(25)12-20(27)24-21-23-18(13-28-21)17-8-4-5-10-22-17/h2-11,13,19H,12H2,1H3,(H,23,24,27). The molecule has 1 N–H and O–H groups in total. The van der Waals surface area contributed by atoms with Crippen LogP contribution < -0.4 is 5.32 Å². The van der Waals surface area contributed by atoms with E-state index in [1.807, 2.05) is 53.9 Å². The van der Waals surface area contributed by atoms with E-state index < -0.39 is 0 Å². The summed E-state index contributed by atoms with van der Waals surface area (Å²) >= 11 is 1.35. The second kappa shape index (κ2) is 7.74. The molecule has 140 valence electrons. The fourth-order valence-electron chi connectivity index (χ4n) is 3.22. The summed E-state index contributed by atoms with van der Waals surface area (Å²) < 4.78 is 0. The first-order chi connectivity index (χ1) is 13.6. The maximum atomic E-state index is 12.7. The predicted molar refractivity (Wildman–Crippen MR) is 109 cm³/mol. The van der Waals surface area contributed by atoms with Crippen molar-refractivity contribution in [1.82, 2.24) is 14.9 Å². The summed E-state index contributed by atoms with van der Waals surface area (Å²) in [5.41, 5.74) is 3.46. The lowest BCUT2D eigenvalue weighted by atomic mass is 9.93. The molecule has 0 saturated carbocycles. The van der Waals surface area contributed by atoms with Crippen molar-refractivity contribution in [2.75, 3.05) is 5.32 Å². The number of hydrogen-bond acceptors (Lipinski definition) is 5. The SMILES string of the molecule is CC(=O)N1C=Cc2ccccc2C1CC(=O)Nc1nc(-c2ccccn2)cs1. The van der Waals surface area contributed by atoms with Gasteiger partial charge in [-0.15, -0.1) is 11.3 Å². The Balaban J connectivity index is 1.51. The highest BCUT2D eigenvalue weighted by Crippen LogP contribution is 2.33. The molecule has 2 aromatic heterocycles. The number of aromatic nitrogens is 2. The van der Waals surface area contributed by atoms with Gasteiger partial charge in [0.2, 0.25) is 11.8 Å². The van der Waals surface area contributed by atoms with E-state index in [1.165, 1.54) is 18.3 Å². The van der Waals surface area contributed by atoms with Crippen LogP contribution in [0.2, 0.25) is 0 Å². The Hall–Kier alpha value is -3.32. The first kappa shape index (κ1) is 18.1. The number of rotatable bonds is 4. The van der Waals surface area contributed by atoms with Crippen molar-refractivity contribution in [2.45, 2.75) is 19.4 Å². The third-order valence-electron chi connectivity index (χ3n) is 4.53. The number of fused-ring (bicyclic) bond motifs is 1. The molecule has 3 aromatic rings. The van der Waals surface area contributed by atoms with Crippen LogP contribution >= 0.6 is 11.3 Å². The van der Waals surface area contributed by atoms with Crippen LogP contribution in [-0.4, -0.2) is 26.7 Å². The Morgan fingerprint density at radius 3 is 2.75 bits per heavy atom. The van der Waals surface area contributed by atoms with Gasteiger partial charge in [-0.25, -0.2) is 4.98 Å². The zero-order valence-electron chi connectivity index (χ0n) is 15.2. The molecule has 0 saturated heterocycles. The Kier molecular flexibility index (Phi) is 4.99. The zero-order valence-corrected chi connectivity index (χ0v) is 16.0. The normalized spacial score (nSPS) is 15.2. The van der Waals surface area contributed by atoms with E-state index in [2.05, 4.69) is 15.3 Å². The Morgan fingerprint density at radius 2 is 1.96 bits per heavy atom. The highest BCUT2D eigenvalue weighted by molar-refractivity contribution is 7.14. The molecule has 2 amide bonds. The van der Waals surface area contributed by atoms with Gasteiger partial charge in [0.1, 0.15) is 5.69 Å². The zero-order chi connectivity index (χ0) is 19.5. The monoisotopic (exact) mass is 390 g/mol. The second-order valence-corrected chi connectivity index (χ2v) is 7.25. The molecular weight excluding hydrogens is 372 g/mol. The highest BCUT2D eigenvalue weighted by atomic mass is 32.1. The van der Waals surface area contributed by atoms with Gasteiger partial charge in [0.25, 0.3) is 0 Å². The van der Waals surface area contributed by atoms with Gasteiger partial charge in [-0.05, 0) is 29.3 Å². The first-order valence-electron chi connectivity index (χ1n) is 8.84. The molecule has 1 aromatic carbocycles. The molecule has 6 nitrogen and oxygen atoms in total. The number of benzene rings is 1. The number of amides is 2. The van der Waals surface area contributed by atoms with Crippen LogP contribution in [0.25, 0.3) is 17.5 Å². The van der Waals surface area contributed by atoms with Crippen molar-refractivity contribution in [2.24, 2.45) is 0 Å². The number of pyridine rings is 1. The van der Waals surface area contributed by atoms with Gasteiger partial charge in [-0.3, -0.25) is 14.6 Å². The lowest BCUT2D eigenvalue weighted by Gasteiger charge is -2.32. The number of carbonyl (C=O) groups excluding carboxylic acids is 2. The van der Waals surface area contributed by atoms with Crippen LogP contribution in [0.5, 0.6) is 0 Å². The molecule has 1 unspecified atom stereocenters. The number of carbonyl (C=O) groups is 2. The molecule has 0 aliphatic carbocycles. The lowest BCUT2D eigenvalue weighted by Crippen LogP contribution is -2.33. The first-order valence-corrected chi connectivity index (χ1v) is 9.72. The van der Waals surface area contributed by atoms with Gasteiger partial charge in [0, 0.05) is 24.7 Å². The molecule has 0 fully saturated rings. The average molecular weight is 390 g/mol. The molecule has 0 spiro atoms. The van der Waals surface area contributed by atoms with Crippen LogP contribution in [0.3, 0.4) is 0 Å². The molecule has 7 heteroatoms. The minimum Gasteiger partial charge on any atom is -0.311 e. The maximum absolute atomic E-state index is 12.7. The molecular formula is C21H18N4O2S. The quantitative estimate of drug-likeness (QED) is 0.727. The summed E-state index contributed by atoms with van der Waals surface area (Å²) in [6.07, 6.45) is 5.49. The van der Waals surface area contributed by atoms with Crippen LogP contribution in [0, 0.1) is 0 Å². The summed E-state index contributed by atoms with van der Waals surface area (Å²) in [5.74, 6) is -0.293. The van der Waals surface area contributed by atoms with Gasteiger partial charge in [-0.1, -0.05) is 30.3 Å². The van der Waals surface area contributed by atoms with E-state index in [0.29, 0.717) is 5.13 Å². The summed E-state index contributed by atoms with van der Waals surface area (Å²) in [6.45, 7) is 1.50. The van der Waals surface area contributed by atoms with E-state index in [0.717, 1.165) is 22.5 Å². The van der Waals surface area contributed by atoms with Gasteiger partial charge in [0.15, 0.2) is 5.13 Å². The van der Waals surface area contributed by atoms with Crippen molar-refractivity contribution in [1.29, 1.82) is 0 Å². The molecule has 0 bridgehead atoms. The van der Waals surface area contributed by atoms with Crippen LogP contribution in [0.15, 0.2) is 60.2 Å². The van der Waals surface area contributed by atoms with Crippen LogP contribution in [0.1, 0.15) is 30.5 Å². The van der Waals surface area contributed by atoms with E-state index in [9.17, 15) is 9.59 Å². The number of hydrogen-bond donors (Lipinski definition) is 1. The van der Waals surface area contributed by atoms with E-state index in [4.69, 9.17) is 0 Å². The topological polar surface area (TPSA) is 75.2 Å². The smallest absolute Gasteiger partial charge is 0.228 e. The molecule has 1 aliphatic rings. The van der Waals surface area contributed by atoms with Gasteiger partial charge in [-0.2, -0.15) is 0 Å². The summed E-state index contributed by atoms with van der Waals surface area (Å²) in [4.78, 5) is 35.0. The summed E-state index contributed by atoms with van der Waals surface area (Å²) in [5, 5.41) is 5.22. The fraction of sp³-hybridized carbons (Fsp3) is 0.143. The molecule has 3 heterocycles. The number of nitrogens with one attached hydrogen (secondary N) is 1. The van der Waals surface area contributed by atoms with Crippen molar-refractivity contribution in [3.05, 3.63) is 71.4 Å². The highest BCUT2D eigenvalue weighted by Gasteiger charge is 2.28. The Morgan fingerprint density at radius 1 is 1.14 bits per heavy atom. The number of nitrogens with zero attached hydrogens (tertiary/aromatic N) is 3. The molecule has 28 heavy (non-hydrogen) atoms. The lowest BCUT2D eigenvalue weighted by molar-refractivity contribution is -0.129. The van der Waals surface area contributed by atoms with E-state index in [1.54, 1.807) is 17.3 Å². The van der Waals surface area contributed by atoms with Crippen LogP contribution in [-0.2, 0) is 9.59 Å². The summed E-state index contributed by atoms with van der Waals surface area (Å²) in [7, 11) is 0. The molecule has 1 atom stereocenters. The number of thiazole rings is 1. The third kappa shape index (κ3) is 3.70. The van der Waals surface area contributed by atoms with Crippen molar-refractivity contribution in [3.8, 4) is 11.4 Å². The second-order valence-electron chi connectivity index (χ2n) is 6.39. The average Bonchev–Trinajstić information content (AvgIpc) is 3.17. The fourth-order valence-corrected chi connectivity index (χ4v) is 3.94. The van der Waals surface area contributed by atoms with Gasteiger partial charge in [0.05, 0.1) is 18.2 Å². The van der Waals surface area contributed by atoms with Gasteiger partial charge >= 0.3 is 0 Å².